The van der Waals surface area contributed by atoms with Gasteiger partial charge in [-0.3, -0.25) is 19.7 Å². The van der Waals surface area contributed by atoms with E-state index in [4.69, 9.17) is 0 Å². The number of para-hydroxylation sites is 2. The molecule has 5 rings (SSSR count). The highest BCUT2D eigenvalue weighted by molar-refractivity contribution is 6.02. The first-order valence-corrected chi connectivity index (χ1v) is 13.7. The number of carbonyl (C=O) groups is 2. The van der Waals surface area contributed by atoms with Crippen LogP contribution in [0.2, 0.25) is 0 Å². The molecule has 0 saturated heterocycles. The molecule has 0 fully saturated rings. The Hall–Kier alpha value is -4.26. The number of amides is 1. The number of benzene rings is 3. The highest BCUT2D eigenvalue weighted by Gasteiger charge is 2.45. The van der Waals surface area contributed by atoms with Crippen LogP contribution in [0.1, 0.15) is 69.7 Å². The summed E-state index contributed by atoms with van der Waals surface area (Å²) < 4.78 is 0. The van der Waals surface area contributed by atoms with E-state index in [2.05, 4.69) is 56.4 Å². The van der Waals surface area contributed by atoms with E-state index in [9.17, 15) is 19.7 Å². The number of nitro benzene ring substituents is 1. The van der Waals surface area contributed by atoms with E-state index >= 15 is 0 Å². The van der Waals surface area contributed by atoms with Gasteiger partial charge in [-0.2, -0.15) is 0 Å². The molecule has 0 unspecified atom stereocenters. The number of hydrogen-bond acceptors (Lipinski definition) is 5. The van der Waals surface area contributed by atoms with Crippen LogP contribution in [0.5, 0.6) is 0 Å². The molecule has 1 N–H and O–H groups in total. The van der Waals surface area contributed by atoms with Crippen LogP contribution < -0.4 is 10.2 Å². The molecule has 3 aromatic rings. The van der Waals surface area contributed by atoms with Gasteiger partial charge >= 0.3 is 0 Å². The Labute approximate surface area is 235 Å². The number of Topliss-reactive ketones (excluding diaryl/α,β-unsaturated/α-hetero) is 1. The molecule has 40 heavy (non-hydrogen) atoms. The van der Waals surface area contributed by atoms with Crippen molar-refractivity contribution in [3.63, 3.8) is 0 Å². The van der Waals surface area contributed by atoms with E-state index in [-0.39, 0.29) is 41.0 Å². The minimum atomic E-state index is -0.742. The Morgan fingerprint density at radius 2 is 1.70 bits per heavy atom. The fraction of sp³-hybridized carbons (Fsp3) is 0.333. The van der Waals surface area contributed by atoms with Gasteiger partial charge in [0.1, 0.15) is 5.78 Å². The first-order valence-electron chi connectivity index (χ1n) is 13.7. The fourth-order valence-electron chi connectivity index (χ4n) is 5.75. The van der Waals surface area contributed by atoms with Crippen LogP contribution in [-0.4, -0.2) is 16.6 Å². The second kappa shape index (κ2) is 10.4. The molecule has 1 aliphatic carbocycles. The largest absolute Gasteiger partial charge is 0.357 e. The van der Waals surface area contributed by atoms with Gasteiger partial charge in [0, 0.05) is 36.1 Å². The lowest BCUT2D eigenvalue weighted by atomic mass is 9.75. The molecule has 7 nitrogen and oxygen atoms in total. The number of allylic oxidation sites excluding steroid dienone is 1. The predicted octanol–water partition coefficient (Wildman–Crippen LogP) is 7.30. The summed E-state index contributed by atoms with van der Waals surface area (Å²) in [6.45, 7) is 10.2. The summed E-state index contributed by atoms with van der Waals surface area (Å²) in [6.07, 6.45) is 2.37. The van der Waals surface area contributed by atoms with Gasteiger partial charge < -0.3 is 10.2 Å². The van der Waals surface area contributed by atoms with Crippen molar-refractivity contribution in [1.82, 2.24) is 0 Å². The molecule has 0 radical (unpaired) electrons. The maximum atomic E-state index is 14.1. The Morgan fingerprint density at radius 3 is 2.35 bits per heavy atom. The molecular weight excluding hydrogens is 502 g/mol. The van der Waals surface area contributed by atoms with Gasteiger partial charge in [-0.05, 0) is 34.2 Å². The molecule has 3 aromatic carbocycles. The number of fused-ring (bicyclic) bond motifs is 2. The normalized spacial score (nSPS) is 20.6. The maximum Gasteiger partial charge on any atom is 0.269 e. The van der Waals surface area contributed by atoms with Crippen LogP contribution >= 0.6 is 0 Å². The van der Waals surface area contributed by atoms with Gasteiger partial charge in [0.15, 0.2) is 0 Å². The van der Waals surface area contributed by atoms with E-state index in [1.807, 2.05) is 38.1 Å². The van der Waals surface area contributed by atoms with Crippen LogP contribution in [-0.2, 0) is 15.0 Å². The lowest BCUT2D eigenvalue weighted by Crippen LogP contribution is -2.44. The minimum Gasteiger partial charge on any atom is -0.357 e. The second-order valence-corrected chi connectivity index (χ2v) is 12.1. The molecule has 0 saturated carbocycles. The van der Waals surface area contributed by atoms with Crippen molar-refractivity contribution in [3.8, 4) is 0 Å². The summed E-state index contributed by atoms with van der Waals surface area (Å²) in [5, 5.41) is 15.2. The summed E-state index contributed by atoms with van der Waals surface area (Å²) in [5.41, 5.74) is 4.85. The Bertz CT molecular complexity index is 1500. The van der Waals surface area contributed by atoms with Gasteiger partial charge in [-0.1, -0.05) is 89.2 Å². The van der Waals surface area contributed by atoms with Crippen molar-refractivity contribution in [1.29, 1.82) is 0 Å². The third-order valence-corrected chi connectivity index (χ3v) is 7.88. The van der Waals surface area contributed by atoms with Crippen LogP contribution in [0, 0.1) is 22.0 Å². The number of carbonyl (C=O) groups excluding carboxylic acids is 2. The van der Waals surface area contributed by atoms with Crippen molar-refractivity contribution >= 4 is 28.8 Å². The standard InChI is InChI=1S/C33H35N3O4/c1-20(2)32(38)35-28-12-7-6-11-26(28)34-27-18-23(21-13-15-24(16-14-21)33(3,4)5)19-29(37)30(27)31(35)22-9-8-10-25(17-22)36(39)40/h6-18,20,23,30-31,34H,19H2,1-5H3/t23-,30+,31+/m0/s1. The lowest BCUT2D eigenvalue weighted by molar-refractivity contribution is -0.384. The third-order valence-electron chi connectivity index (χ3n) is 7.88. The van der Waals surface area contributed by atoms with E-state index in [0.717, 1.165) is 11.3 Å². The number of non-ortho nitro benzene ring substituents is 1. The topological polar surface area (TPSA) is 92.6 Å². The summed E-state index contributed by atoms with van der Waals surface area (Å²) in [5.74, 6) is -1.36. The number of anilines is 2. The zero-order chi connectivity index (χ0) is 28.8. The molecule has 1 aliphatic heterocycles. The van der Waals surface area contributed by atoms with Gasteiger partial charge in [0.05, 0.1) is 28.3 Å². The Kier molecular flexibility index (Phi) is 7.08. The highest BCUT2D eigenvalue weighted by Crippen LogP contribution is 2.48. The number of nitrogens with zero attached hydrogens (tertiary/aromatic N) is 2. The monoisotopic (exact) mass is 537 g/mol. The minimum absolute atomic E-state index is 0.0132. The molecule has 0 bridgehead atoms. The number of nitro groups is 1. The van der Waals surface area contributed by atoms with Crippen LogP contribution in [0.15, 0.2) is 84.6 Å². The molecular formula is C33H35N3O4. The smallest absolute Gasteiger partial charge is 0.269 e. The number of rotatable bonds is 4. The molecule has 1 amide bonds. The molecule has 0 spiro atoms. The summed E-state index contributed by atoms with van der Waals surface area (Å²) in [4.78, 5) is 40.9. The van der Waals surface area contributed by atoms with Crippen molar-refractivity contribution in [3.05, 3.63) is 111 Å². The highest BCUT2D eigenvalue weighted by atomic mass is 16.6. The molecule has 0 aromatic heterocycles. The summed E-state index contributed by atoms with van der Waals surface area (Å²) in [6, 6.07) is 21.5. The third kappa shape index (κ3) is 5.04. The van der Waals surface area contributed by atoms with Crippen LogP contribution in [0.3, 0.4) is 0 Å². The molecule has 3 atom stereocenters. The first kappa shape index (κ1) is 27.3. The Morgan fingerprint density at radius 1 is 1.00 bits per heavy atom. The van der Waals surface area contributed by atoms with Gasteiger partial charge in [-0.25, -0.2) is 0 Å². The van der Waals surface area contributed by atoms with Gasteiger partial charge in [0.2, 0.25) is 5.91 Å². The SMILES string of the molecule is CC(C)C(=O)N1c2ccccc2NC2=C[C@H](c3ccc(C(C)(C)C)cc3)CC(=O)[C@@H]2[C@H]1c1cccc([N+](=O)[O-])c1. The van der Waals surface area contributed by atoms with Crippen molar-refractivity contribution in [2.45, 2.75) is 58.4 Å². The first-order chi connectivity index (χ1) is 19.0. The molecule has 7 heteroatoms. The second-order valence-electron chi connectivity index (χ2n) is 12.1. The van der Waals surface area contributed by atoms with Crippen LogP contribution in [0.4, 0.5) is 17.1 Å². The van der Waals surface area contributed by atoms with Crippen molar-refractivity contribution in [2.24, 2.45) is 11.8 Å². The average Bonchev–Trinajstić information content (AvgIpc) is 3.07. The molecule has 206 valence electrons. The Balaban J connectivity index is 1.69. The van der Waals surface area contributed by atoms with Gasteiger partial charge in [-0.15, -0.1) is 0 Å². The fourth-order valence-corrected chi connectivity index (χ4v) is 5.75. The maximum absolute atomic E-state index is 14.1. The van der Waals surface area contributed by atoms with E-state index in [1.54, 1.807) is 17.0 Å². The lowest BCUT2D eigenvalue weighted by Gasteiger charge is -2.38. The quantitative estimate of drug-likeness (QED) is 0.278. The van der Waals surface area contributed by atoms with Crippen molar-refractivity contribution < 1.29 is 14.5 Å². The zero-order valence-corrected chi connectivity index (χ0v) is 23.5. The van der Waals surface area contributed by atoms with Crippen LogP contribution in [0.25, 0.3) is 0 Å². The van der Waals surface area contributed by atoms with Crippen molar-refractivity contribution in [2.75, 3.05) is 10.2 Å². The summed E-state index contributed by atoms with van der Waals surface area (Å²) in [7, 11) is 0. The number of hydrogen-bond donors (Lipinski definition) is 1. The zero-order valence-electron chi connectivity index (χ0n) is 23.5. The van der Waals surface area contributed by atoms with E-state index < -0.39 is 16.9 Å². The summed E-state index contributed by atoms with van der Waals surface area (Å²) >= 11 is 0. The average molecular weight is 538 g/mol. The predicted molar refractivity (Wildman–Crippen MR) is 157 cm³/mol. The number of ketones is 1. The van der Waals surface area contributed by atoms with E-state index in [1.165, 1.54) is 17.7 Å². The number of nitrogens with one attached hydrogen (secondary N) is 1. The molecule has 1 heterocycles. The molecule has 2 aliphatic rings. The van der Waals surface area contributed by atoms with E-state index in [0.29, 0.717) is 16.9 Å². The van der Waals surface area contributed by atoms with Gasteiger partial charge in [0.25, 0.3) is 5.69 Å².